The Morgan fingerprint density at radius 2 is 1.81 bits per heavy atom. The van der Waals surface area contributed by atoms with Gasteiger partial charge in [-0.3, -0.25) is 19.7 Å². The van der Waals surface area contributed by atoms with Crippen LogP contribution < -0.4 is 11.1 Å². The number of carbonyl (C=O) groups excluding carboxylic acids is 2. The van der Waals surface area contributed by atoms with Crippen molar-refractivity contribution in [2.45, 2.75) is 17.3 Å². The number of imide groups is 1. The highest BCUT2D eigenvalue weighted by atomic mass is 35.5. The van der Waals surface area contributed by atoms with Crippen LogP contribution in [0.3, 0.4) is 0 Å². The quantitative estimate of drug-likeness (QED) is 0.634. The second-order valence-corrected chi connectivity index (χ2v) is 7.21. The van der Waals surface area contributed by atoms with Crippen LogP contribution in [0.1, 0.15) is 6.92 Å². The lowest BCUT2D eigenvalue weighted by atomic mass is 10.2. The topological polar surface area (TPSA) is 116 Å². The number of rotatable bonds is 5. The summed E-state index contributed by atoms with van der Waals surface area (Å²) in [6, 6.07) is 9.89. The zero-order chi connectivity index (χ0) is 19.4. The molecule has 2 aromatic heterocycles. The van der Waals surface area contributed by atoms with E-state index < -0.39 is 17.2 Å². The number of nitrogens with zero attached hydrogens (tertiary/aromatic N) is 4. The largest absolute Gasteiger partial charge is 0.351 e. The lowest BCUT2D eigenvalue weighted by Gasteiger charge is -2.13. The monoisotopic (exact) mass is 402 g/mol. The summed E-state index contributed by atoms with van der Waals surface area (Å²) in [4.78, 5) is 26.9. The third-order valence-electron chi connectivity index (χ3n) is 3.55. The first-order chi connectivity index (χ1) is 13.0. The molecule has 3 rings (SSSR count). The molecular formula is C17H15ClN6O2S. The first-order valence-corrected chi connectivity index (χ1v) is 9.10. The van der Waals surface area contributed by atoms with Crippen molar-refractivity contribution >= 4 is 35.3 Å². The Balaban J connectivity index is 2.01. The Kier molecular flexibility index (Phi) is 5.72. The van der Waals surface area contributed by atoms with E-state index in [1.165, 1.54) is 0 Å². The Hall–Kier alpha value is -2.91. The number of nitrogens with two attached hydrogens (primary N) is 1. The maximum Gasteiger partial charge on any atom is 0.318 e. The molecule has 138 valence electrons. The molecule has 0 aliphatic rings. The zero-order valence-corrected chi connectivity index (χ0v) is 15.7. The van der Waals surface area contributed by atoms with Gasteiger partial charge in [0, 0.05) is 28.7 Å². The van der Waals surface area contributed by atoms with Crippen LogP contribution in [-0.2, 0) is 4.79 Å². The van der Waals surface area contributed by atoms with Crippen LogP contribution in [0.2, 0.25) is 5.02 Å². The van der Waals surface area contributed by atoms with Crippen molar-refractivity contribution in [3.05, 3.63) is 53.8 Å². The van der Waals surface area contributed by atoms with E-state index in [0.29, 0.717) is 16.0 Å². The van der Waals surface area contributed by atoms with Gasteiger partial charge in [0.2, 0.25) is 5.91 Å². The molecule has 0 spiro atoms. The van der Waals surface area contributed by atoms with E-state index in [4.69, 9.17) is 17.3 Å². The van der Waals surface area contributed by atoms with Crippen LogP contribution in [-0.4, -0.2) is 36.9 Å². The lowest BCUT2D eigenvalue weighted by Crippen LogP contribution is -2.39. The predicted octanol–water partition coefficient (Wildman–Crippen LogP) is 2.66. The minimum absolute atomic E-state index is 0.483. The number of carbonyl (C=O) groups is 2. The van der Waals surface area contributed by atoms with Crippen LogP contribution in [0.4, 0.5) is 4.79 Å². The van der Waals surface area contributed by atoms with E-state index in [0.717, 1.165) is 23.0 Å². The van der Waals surface area contributed by atoms with Gasteiger partial charge in [-0.15, -0.1) is 10.2 Å². The van der Waals surface area contributed by atoms with E-state index in [1.54, 1.807) is 31.5 Å². The van der Waals surface area contributed by atoms with Gasteiger partial charge in [-0.25, -0.2) is 4.79 Å². The van der Waals surface area contributed by atoms with Gasteiger partial charge in [0.05, 0.1) is 5.25 Å². The molecule has 0 saturated carbocycles. The second-order valence-electron chi connectivity index (χ2n) is 5.47. The molecule has 0 radical (unpaired) electrons. The fraction of sp³-hybridized carbons (Fsp3) is 0.118. The van der Waals surface area contributed by atoms with Gasteiger partial charge in [0.1, 0.15) is 0 Å². The number of benzene rings is 1. The number of nitrogens with one attached hydrogen (secondary N) is 1. The summed E-state index contributed by atoms with van der Waals surface area (Å²) in [5, 5.41) is 11.0. The van der Waals surface area contributed by atoms with E-state index in [1.807, 2.05) is 28.8 Å². The van der Waals surface area contributed by atoms with Crippen molar-refractivity contribution < 1.29 is 9.59 Å². The molecule has 0 saturated heterocycles. The summed E-state index contributed by atoms with van der Waals surface area (Å²) in [5.41, 5.74) is 6.60. The number of thioether (sulfide) groups is 1. The molecule has 10 heteroatoms. The third-order valence-corrected chi connectivity index (χ3v) is 4.85. The molecule has 27 heavy (non-hydrogen) atoms. The number of hydrogen-bond acceptors (Lipinski definition) is 6. The minimum atomic E-state index is -0.899. The summed E-state index contributed by atoms with van der Waals surface area (Å²) in [7, 11) is 0. The zero-order valence-electron chi connectivity index (χ0n) is 14.2. The summed E-state index contributed by atoms with van der Waals surface area (Å²) < 4.78 is 1.81. The number of halogens is 1. The van der Waals surface area contributed by atoms with Crippen molar-refractivity contribution in [1.82, 2.24) is 25.1 Å². The van der Waals surface area contributed by atoms with Gasteiger partial charge in [0.25, 0.3) is 0 Å². The van der Waals surface area contributed by atoms with Crippen LogP contribution in [0.5, 0.6) is 0 Å². The molecule has 8 nitrogen and oxygen atoms in total. The van der Waals surface area contributed by atoms with Crippen molar-refractivity contribution in [1.29, 1.82) is 0 Å². The average Bonchev–Trinajstić information content (AvgIpc) is 3.06. The van der Waals surface area contributed by atoms with E-state index in [2.05, 4.69) is 20.5 Å². The Bertz CT molecular complexity index is 961. The van der Waals surface area contributed by atoms with Crippen LogP contribution in [0, 0.1) is 0 Å². The summed E-state index contributed by atoms with van der Waals surface area (Å²) in [6.45, 7) is 1.65. The molecular weight excluding hydrogens is 388 g/mol. The molecule has 3 amide bonds. The first-order valence-electron chi connectivity index (χ1n) is 7.84. The highest BCUT2D eigenvalue weighted by Crippen LogP contribution is 2.30. The van der Waals surface area contributed by atoms with Gasteiger partial charge < -0.3 is 5.73 Å². The number of amides is 3. The summed E-state index contributed by atoms with van der Waals surface area (Å²) in [6.07, 6.45) is 3.32. The van der Waals surface area contributed by atoms with Crippen LogP contribution in [0.15, 0.2) is 53.9 Å². The molecule has 1 atom stereocenters. The highest BCUT2D eigenvalue weighted by Gasteiger charge is 2.22. The number of pyridine rings is 1. The third kappa shape index (κ3) is 4.44. The fourth-order valence-electron chi connectivity index (χ4n) is 2.29. The van der Waals surface area contributed by atoms with E-state index in [9.17, 15) is 9.59 Å². The molecule has 1 aromatic carbocycles. The average molecular weight is 403 g/mol. The first kappa shape index (κ1) is 18.9. The second kappa shape index (κ2) is 8.19. The van der Waals surface area contributed by atoms with Gasteiger partial charge in [-0.05, 0) is 43.3 Å². The molecule has 0 aliphatic carbocycles. The standard InChI is InChI=1S/C17H15ClN6O2S/c1-10(15(25)21-16(19)26)27-17-23-22-14(11-6-8-20-9-7-11)24(17)13-4-2-12(18)3-5-13/h2-10H,1H3,(H3,19,21,25,26)/t10-/m1/s1. The number of aromatic nitrogens is 4. The summed E-state index contributed by atoms with van der Waals surface area (Å²) >= 11 is 7.15. The van der Waals surface area contributed by atoms with Gasteiger partial charge in [0.15, 0.2) is 11.0 Å². The maximum atomic E-state index is 12.0. The Morgan fingerprint density at radius 1 is 1.15 bits per heavy atom. The molecule has 3 N–H and O–H groups in total. The molecule has 2 heterocycles. The smallest absolute Gasteiger partial charge is 0.318 e. The van der Waals surface area contributed by atoms with Gasteiger partial charge >= 0.3 is 6.03 Å². The predicted molar refractivity (Wildman–Crippen MR) is 103 cm³/mol. The molecule has 0 bridgehead atoms. The fourth-order valence-corrected chi connectivity index (χ4v) is 3.29. The van der Waals surface area contributed by atoms with E-state index >= 15 is 0 Å². The summed E-state index contributed by atoms with van der Waals surface area (Å²) in [5.74, 6) is 0.0772. The Morgan fingerprint density at radius 3 is 2.44 bits per heavy atom. The molecule has 0 unspecified atom stereocenters. The van der Waals surface area contributed by atoms with Crippen LogP contribution in [0.25, 0.3) is 17.1 Å². The van der Waals surface area contributed by atoms with Crippen molar-refractivity contribution in [2.75, 3.05) is 0 Å². The minimum Gasteiger partial charge on any atom is -0.351 e. The molecule has 3 aromatic rings. The van der Waals surface area contributed by atoms with Crippen molar-refractivity contribution in [3.8, 4) is 17.1 Å². The SMILES string of the molecule is C[C@@H](Sc1nnc(-c2ccncc2)n1-c1ccc(Cl)cc1)C(=O)NC(N)=O. The van der Waals surface area contributed by atoms with E-state index in [-0.39, 0.29) is 0 Å². The number of primary amides is 1. The lowest BCUT2D eigenvalue weighted by molar-refractivity contribution is -0.119. The number of urea groups is 1. The normalized spacial score (nSPS) is 11.8. The Labute approximate surface area is 164 Å². The van der Waals surface area contributed by atoms with Crippen molar-refractivity contribution in [3.63, 3.8) is 0 Å². The molecule has 0 aliphatic heterocycles. The van der Waals surface area contributed by atoms with Gasteiger partial charge in [-0.1, -0.05) is 23.4 Å². The molecule has 0 fully saturated rings. The highest BCUT2D eigenvalue weighted by molar-refractivity contribution is 8.00. The maximum absolute atomic E-state index is 12.0. The van der Waals surface area contributed by atoms with Gasteiger partial charge in [-0.2, -0.15) is 0 Å². The van der Waals surface area contributed by atoms with Crippen molar-refractivity contribution in [2.24, 2.45) is 5.73 Å². The van der Waals surface area contributed by atoms with Crippen LogP contribution >= 0.6 is 23.4 Å². The number of hydrogen-bond donors (Lipinski definition) is 2.